The topological polar surface area (TPSA) is 38.8 Å². The number of ether oxygens (including phenoxy) is 2. The van der Waals surface area contributed by atoms with E-state index >= 15 is 0 Å². The molecule has 0 N–H and O–H groups in total. The van der Waals surface area contributed by atoms with Crippen LogP contribution in [-0.4, -0.2) is 30.1 Å². The van der Waals surface area contributed by atoms with Crippen LogP contribution in [0.15, 0.2) is 54.6 Å². The Bertz CT molecular complexity index is 640. The SMILES string of the molecule is CCOc1ccccc1OCC(=O)N(Cc1ccccc1)C(C)C. The third-order valence-corrected chi connectivity index (χ3v) is 3.64. The molecule has 0 atom stereocenters. The van der Waals surface area contributed by atoms with Crippen molar-refractivity contribution >= 4 is 5.91 Å². The van der Waals surface area contributed by atoms with Gasteiger partial charge < -0.3 is 14.4 Å². The van der Waals surface area contributed by atoms with Gasteiger partial charge in [0.2, 0.25) is 0 Å². The van der Waals surface area contributed by atoms with Gasteiger partial charge in [-0.1, -0.05) is 42.5 Å². The summed E-state index contributed by atoms with van der Waals surface area (Å²) in [5.74, 6) is 1.21. The Labute approximate surface area is 144 Å². The van der Waals surface area contributed by atoms with Crippen LogP contribution in [0.3, 0.4) is 0 Å². The van der Waals surface area contributed by atoms with E-state index in [-0.39, 0.29) is 18.6 Å². The first-order chi connectivity index (χ1) is 11.6. The third kappa shape index (κ3) is 5.01. The monoisotopic (exact) mass is 327 g/mol. The Morgan fingerprint density at radius 1 is 0.958 bits per heavy atom. The summed E-state index contributed by atoms with van der Waals surface area (Å²) in [5, 5.41) is 0. The molecule has 1 amide bonds. The Hall–Kier alpha value is -2.49. The number of rotatable bonds is 8. The molecule has 0 aliphatic rings. The molecular weight excluding hydrogens is 302 g/mol. The third-order valence-electron chi connectivity index (χ3n) is 3.64. The number of carbonyl (C=O) groups excluding carboxylic acids is 1. The summed E-state index contributed by atoms with van der Waals surface area (Å²) in [6, 6.07) is 17.5. The van der Waals surface area contributed by atoms with Gasteiger partial charge in [0.05, 0.1) is 6.61 Å². The van der Waals surface area contributed by atoms with Crippen molar-refractivity contribution in [1.29, 1.82) is 0 Å². The maximum Gasteiger partial charge on any atom is 0.261 e. The van der Waals surface area contributed by atoms with E-state index in [4.69, 9.17) is 9.47 Å². The second-order valence-electron chi connectivity index (χ2n) is 5.77. The summed E-state index contributed by atoms with van der Waals surface area (Å²) >= 11 is 0. The number of hydrogen-bond donors (Lipinski definition) is 0. The second kappa shape index (κ2) is 8.96. The molecule has 0 fully saturated rings. The highest BCUT2D eigenvalue weighted by molar-refractivity contribution is 5.78. The van der Waals surface area contributed by atoms with Crippen molar-refractivity contribution in [3.8, 4) is 11.5 Å². The van der Waals surface area contributed by atoms with Crippen LogP contribution in [0, 0.1) is 0 Å². The Balaban J connectivity index is 2.01. The molecule has 128 valence electrons. The summed E-state index contributed by atoms with van der Waals surface area (Å²) in [6.07, 6.45) is 0. The molecule has 0 radical (unpaired) electrons. The first kappa shape index (κ1) is 17.9. The van der Waals surface area contributed by atoms with Crippen LogP contribution in [0.5, 0.6) is 11.5 Å². The van der Waals surface area contributed by atoms with Gasteiger partial charge in [0.15, 0.2) is 18.1 Å². The molecular formula is C20H25NO3. The zero-order chi connectivity index (χ0) is 17.4. The zero-order valence-corrected chi connectivity index (χ0v) is 14.6. The lowest BCUT2D eigenvalue weighted by atomic mass is 10.2. The Morgan fingerprint density at radius 2 is 1.54 bits per heavy atom. The van der Waals surface area contributed by atoms with Gasteiger partial charge in [0.1, 0.15) is 0 Å². The molecule has 4 heteroatoms. The quantitative estimate of drug-likeness (QED) is 0.738. The molecule has 0 aromatic heterocycles. The minimum atomic E-state index is -0.0415. The van der Waals surface area contributed by atoms with E-state index in [1.165, 1.54) is 0 Å². The number of hydrogen-bond acceptors (Lipinski definition) is 3. The van der Waals surface area contributed by atoms with Crippen molar-refractivity contribution in [2.75, 3.05) is 13.2 Å². The highest BCUT2D eigenvalue weighted by Crippen LogP contribution is 2.26. The van der Waals surface area contributed by atoms with Gasteiger partial charge >= 0.3 is 0 Å². The van der Waals surface area contributed by atoms with Crippen molar-refractivity contribution in [1.82, 2.24) is 4.90 Å². The molecule has 0 aliphatic heterocycles. The van der Waals surface area contributed by atoms with E-state index in [9.17, 15) is 4.79 Å². The van der Waals surface area contributed by atoms with Gasteiger partial charge in [-0.25, -0.2) is 0 Å². The smallest absolute Gasteiger partial charge is 0.261 e. The van der Waals surface area contributed by atoms with E-state index in [0.29, 0.717) is 24.7 Å². The molecule has 0 unspecified atom stereocenters. The summed E-state index contributed by atoms with van der Waals surface area (Å²) in [5.41, 5.74) is 1.11. The van der Waals surface area contributed by atoms with Gasteiger partial charge in [0.25, 0.3) is 5.91 Å². The van der Waals surface area contributed by atoms with E-state index < -0.39 is 0 Å². The minimum absolute atomic E-state index is 0.00486. The van der Waals surface area contributed by atoms with E-state index in [0.717, 1.165) is 5.56 Å². The summed E-state index contributed by atoms with van der Waals surface area (Å²) in [4.78, 5) is 14.4. The highest BCUT2D eigenvalue weighted by atomic mass is 16.5. The van der Waals surface area contributed by atoms with Gasteiger partial charge in [0, 0.05) is 12.6 Å². The average molecular weight is 327 g/mol. The fraction of sp³-hybridized carbons (Fsp3) is 0.350. The molecule has 2 aromatic rings. The maximum absolute atomic E-state index is 12.6. The molecule has 0 saturated heterocycles. The predicted octanol–water partition coefficient (Wildman–Crippen LogP) is 3.90. The normalized spacial score (nSPS) is 10.5. The van der Waals surface area contributed by atoms with Crippen LogP contribution in [0.2, 0.25) is 0 Å². The molecule has 0 aliphatic carbocycles. The maximum atomic E-state index is 12.6. The van der Waals surface area contributed by atoms with Crippen molar-refractivity contribution < 1.29 is 14.3 Å². The van der Waals surface area contributed by atoms with E-state index in [1.54, 1.807) is 0 Å². The lowest BCUT2D eigenvalue weighted by molar-refractivity contribution is -0.135. The van der Waals surface area contributed by atoms with Crippen molar-refractivity contribution in [3.63, 3.8) is 0 Å². The molecule has 0 bridgehead atoms. The summed E-state index contributed by atoms with van der Waals surface area (Å²) in [6.45, 7) is 7.07. The predicted molar refractivity (Wildman–Crippen MR) is 95.2 cm³/mol. The van der Waals surface area contributed by atoms with Crippen LogP contribution in [0.4, 0.5) is 0 Å². The number of para-hydroxylation sites is 2. The summed E-state index contributed by atoms with van der Waals surface area (Å²) < 4.78 is 11.2. The number of nitrogens with zero attached hydrogens (tertiary/aromatic N) is 1. The number of carbonyl (C=O) groups is 1. The number of benzene rings is 2. The standard InChI is InChI=1S/C20H25NO3/c1-4-23-18-12-8-9-13-19(18)24-15-20(22)21(16(2)3)14-17-10-6-5-7-11-17/h5-13,16H,4,14-15H2,1-3H3. The second-order valence-corrected chi connectivity index (χ2v) is 5.77. The van der Waals surface area contributed by atoms with Crippen molar-refractivity contribution in [2.45, 2.75) is 33.4 Å². The van der Waals surface area contributed by atoms with Gasteiger partial charge in [-0.3, -0.25) is 4.79 Å². The van der Waals surface area contributed by atoms with Crippen LogP contribution in [0.25, 0.3) is 0 Å². The van der Waals surface area contributed by atoms with E-state index in [2.05, 4.69) is 0 Å². The minimum Gasteiger partial charge on any atom is -0.490 e. The lowest BCUT2D eigenvalue weighted by Gasteiger charge is -2.27. The summed E-state index contributed by atoms with van der Waals surface area (Å²) in [7, 11) is 0. The fourth-order valence-corrected chi connectivity index (χ4v) is 2.41. The largest absolute Gasteiger partial charge is 0.490 e. The van der Waals surface area contributed by atoms with Crippen LogP contribution < -0.4 is 9.47 Å². The number of amides is 1. The average Bonchev–Trinajstić information content (AvgIpc) is 2.59. The van der Waals surface area contributed by atoms with Gasteiger partial charge in [-0.2, -0.15) is 0 Å². The Kier molecular flexibility index (Phi) is 6.67. The highest BCUT2D eigenvalue weighted by Gasteiger charge is 2.18. The van der Waals surface area contributed by atoms with E-state index in [1.807, 2.05) is 80.3 Å². The molecule has 2 rings (SSSR count). The molecule has 24 heavy (non-hydrogen) atoms. The molecule has 2 aromatic carbocycles. The van der Waals surface area contributed by atoms with Crippen LogP contribution in [0.1, 0.15) is 26.3 Å². The van der Waals surface area contributed by atoms with Crippen LogP contribution in [-0.2, 0) is 11.3 Å². The van der Waals surface area contributed by atoms with Crippen LogP contribution >= 0.6 is 0 Å². The first-order valence-corrected chi connectivity index (χ1v) is 8.29. The molecule has 0 spiro atoms. The van der Waals surface area contributed by atoms with Gasteiger partial charge in [-0.05, 0) is 38.5 Å². The molecule has 0 heterocycles. The zero-order valence-electron chi connectivity index (χ0n) is 14.6. The Morgan fingerprint density at radius 3 is 2.12 bits per heavy atom. The molecule has 4 nitrogen and oxygen atoms in total. The van der Waals surface area contributed by atoms with Crippen molar-refractivity contribution in [3.05, 3.63) is 60.2 Å². The van der Waals surface area contributed by atoms with Gasteiger partial charge in [-0.15, -0.1) is 0 Å². The fourth-order valence-electron chi connectivity index (χ4n) is 2.41. The lowest BCUT2D eigenvalue weighted by Crippen LogP contribution is -2.39. The van der Waals surface area contributed by atoms with Crippen molar-refractivity contribution in [2.24, 2.45) is 0 Å². The first-order valence-electron chi connectivity index (χ1n) is 8.29. The molecule has 0 saturated carbocycles.